The summed E-state index contributed by atoms with van der Waals surface area (Å²) in [5.74, 6) is 0.685. The minimum absolute atomic E-state index is 0.272. The van der Waals surface area contributed by atoms with Gasteiger partial charge < -0.3 is 10.1 Å². The maximum atomic E-state index is 6.16. The Labute approximate surface area is 129 Å². The van der Waals surface area contributed by atoms with Gasteiger partial charge in [-0.25, -0.2) is 4.98 Å². The molecule has 0 aliphatic heterocycles. The Balaban J connectivity index is 2.18. The number of ether oxygens (including phenoxy) is 1. The maximum Gasteiger partial charge on any atom is 0.137 e. The number of rotatable bonds is 6. The van der Waals surface area contributed by atoms with Crippen molar-refractivity contribution in [1.29, 1.82) is 0 Å². The highest BCUT2D eigenvalue weighted by Gasteiger charge is 2.11. The van der Waals surface area contributed by atoms with E-state index in [0.29, 0.717) is 10.8 Å². The van der Waals surface area contributed by atoms with Gasteiger partial charge in [-0.1, -0.05) is 18.5 Å². The molecule has 0 fully saturated rings. The van der Waals surface area contributed by atoms with E-state index < -0.39 is 0 Å². The Morgan fingerprint density at radius 2 is 2.25 bits per heavy atom. The predicted octanol–water partition coefficient (Wildman–Crippen LogP) is 4.53. The highest BCUT2D eigenvalue weighted by atomic mass is 35.5. The van der Waals surface area contributed by atoms with Crippen LogP contribution in [0.1, 0.15) is 32.0 Å². The lowest BCUT2D eigenvalue weighted by Crippen LogP contribution is -2.19. The number of methoxy groups -OCH3 is 1. The lowest BCUT2D eigenvalue weighted by atomic mass is 10.2. The van der Waals surface area contributed by atoms with Gasteiger partial charge in [0.25, 0.3) is 0 Å². The number of hydrogen-bond acceptors (Lipinski definition) is 4. The Bertz CT molecular complexity index is 571. The second-order valence-electron chi connectivity index (χ2n) is 4.60. The van der Waals surface area contributed by atoms with Crippen LogP contribution in [-0.4, -0.2) is 18.6 Å². The molecule has 0 aliphatic rings. The van der Waals surface area contributed by atoms with Gasteiger partial charge in [-0.05, 0) is 38.1 Å². The molecule has 1 unspecified atom stereocenters. The summed E-state index contributed by atoms with van der Waals surface area (Å²) in [5.41, 5.74) is 2.10. The van der Waals surface area contributed by atoms with Gasteiger partial charge in [-0.3, -0.25) is 0 Å². The number of thiazole rings is 1. The van der Waals surface area contributed by atoms with Crippen LogP contribution in [0.5, 0.6) is 5.75 Å². The first kappa shape index (κ1) is 15.3. The summed E-state index contributed by atoms with van der Waals surface area (Å²) in [5, 5.41) is 7.13. The van der Waals surface area contributed by atoms with Crippen LogP contribution in [0, 0.1) is 0 Å². The summed E-state index contributed by atoms with van der Waals surface area (Å²) < 4.78 is 5.16. The summed E-state index contributed by atoms with van der Waals surface area (Å²) in [6.07, 6.45) is 1.12. The van der Waals surface area contributed by atoms with Gasteiger partial charge >= 0.3 is 0 Å². The Morgan fingerprint density at radius 3 is 2.90 bits per heavy atom. The van der Waals surface area contributed by atoms with E-state index in [9.17, 15) is 0 Å². The van der Waals surface area contributed by atoms with Crippen LogP contribution >= 0.6 is 22.9 Å². The van der Waals surface area contributed by atoms with Crippen LogP contribution in [0.4, 0.5) is 0 Å². The van der Waals surface area contributed by atoms with Crippen molar-refractivity contribution in [3.63, 3.8) is 0 Å². The normalized spacial score (nSPS) is 12.4. The van der Waals surface area contributed by atoms with Gasteiger partial charge in [-0.2, -0.15) is 0 Å². The fourth-order valence-corrected chi connectivity index (χ4v) is 3.05. The molecule has 3 nitrogen and oxygen atoms in total. The average Bonchev–Trinajstić information content (AvgIpc) is 2.94. The Morgan fingerprint density at radius 1 is 1.45 bits per heavy atom. The van der Waals surface area contributed by atoms with E-state index >= 15 is 0 Å². The summed E-state index contributed by atoms with van der Waals surface area (Å²) in [4.78, 5) is 4.69. The van der Waals surface area contributed by atoms with E-state index in [0.717, 1.165) is 29.2 Å². The van der Waals surface area contributed by atoms with Gasteiger partial charge in [0.05, 0.1) is 17.8 Å². The van der Waals surface area contributed by atoms with Crippen molar-refractivity contribution >= 4 is 22.9 Å². The molecule has 1 heterocycles. The summed E-state index contributed by atoms with van der Waals surface area (Å²) in [7, 11) is 1.61. The zero-order chi connectivity index (χ0) is 14.5. The summed E-state index contributed by atoms with van der Waals surface area (Å²) in [6, 6.07) is 6.02. The fraction of sp³-hybridized carbons (Fsp3) is 0.400. The second kappa shape index (κ2) is 7.07. The molecular formula is C15H19ClN2OS. The van der Waals surface area contributed by atoms with Crippen LogP contribution in [0.3, 0.4) is 0 Å². The molecule has 2 aromatic rings. The highest BCUT2D eigenvalue weighted by Crippen LogP contribution is 2.32. The Hall–Kier alpha value is -1.10. The number of hydrogen-bond donors (Lipinski definition) is 1. The first-order chi connectivity index (χ1) is 9.65. The first-order valence-electron chi connectivity index (χ1n) is 6.68. The van der Waals surface area contributed by atoms with E-state index in [1.807, 2.05) is 18.2 Å². The molecule has 0 saturated heterocycles. The van der Waals surface area contributed by atoms with E-state index in [1.165, 1.54) is 0 Å². The van der Waals surface area contributed by atoms with Crippen molar-refractivity contribution < 1.29 is 4.74 Å². The number of halogens is 1. The molecule has 2 rings (SSSR count). The average molecular weight is 311 g/mol. The zero-order valence-corrected chi connectivity index (χ0v) is 13.5. The van der Waals surface area contributed by atoms with Crippen molar-refractivity contribution in [3.05, 3.63) is 34.3 Å². The molecule has 0 spiro atoms. The molecule has 108 valence electrons. The fourth-order valence-electron chi connectivity index (χ4n) is 1.88. The van der Waals surface area contributed by atoms with Crippen molar-refractivity contribution in [3.8, 4) is 16.3 Å². The van der Waals surface area contributed by atoms with Crippen molar-refractivity contribution in [2.75, 3.05) is 13.7 Å². The number of nitrogens with zero attached hydrogens (tertiary/aromatic N) is 1. The van der Waals surface area contributed by atoms with E-state index in [4.69, 9.17) is 16.3 Å². The Kier molecular flexibility index (Phi) is 5.40. The molecule has 0 saturated carbocycles. The predicted molar refractivity (Wildman–Crippen MR) is 85.8 cm³/mol. The van der Waals surface area contributed by atoms with E-state index in [1.54, 1.807) is 18.4 Å². The molecular weight excluding hydrogens is 292 g/mol. The molecule has 0 radical (unpaired) electrons. The number of nitrogens with one attached hydrogen (secondary N) is 1. The van der Waals surface area contributed by atoms with Gasteiger partial charge in [0.15, 0.2) is 0 Å². The smallest absolute Gasteiger partial charge is 0.137 e. The van der Waals surface area contributed by atoms with Gasteiger partial charge in [0, 0.05) is 17.0 Å². The number of aromatic nitrogens is 1. The number of benzene rings is 1. The van der Waals surface area contributed by atoms with Gasteiger partial charge in [-0.15, -0.1) is 11.3 Å². The molecule has 1 aromatic carbocycles. The molecule has 0 aliphatic carbocycles. The van der Waals surface area contributed by atoms with Gasteiger partial charge in [0.1, 0.15) is 10.8 Å². The standard InChI is InChI=1S/C15H19ClN2OS/c1-4-7-17-10(2)13-9-20-15(18-13)11-5-6-14(19-3)12(16)8-11/h5-6,8-10,17H,4,7H2,1-3H3. The van der Waals surface area contributed by atoms with Crippen molar-refractivity contribution in [1.82, 2.24) is 10.3 Å². The van der Waals surface area contributed by atoms with Crippen molar-refractivity contribution in [2.45, 2.75) is 26.3 Å². The quantitative estimate of drug-likeness (QED) is 0.851. The minimum atomic E-state index is 0.272. The van der Waals surface area contributed by atoms with E-state index in [-0.39, 0.29) is 6.04 Å². The third-order valence-corrected chi connectivity index (χ3v) is 4.27. The topological polar surface area (TPSA) is 34.1 Å². The first-order valence-corrected chi connectivity index (χ1v) is 7.94. The molecule has 20 heavy (non-hydrogen) atoms. The lowest BCUT2D eigenvalue weighted by molar-refractivity contribution is 0.415. The SMILES string of the molecule is CCCNC(C)c1csc(-c2ccc(OC)c(Cl)c2)n1. The molecule has 5 heteroatoms. The van der Waals surface area contributed by atoms with E-state index in [2.05, 4.69) is 29.5 Å². The van der Waals surface area contributed by atoms with Crippen LogP contribution < -0.4 is 10.1 Å². The van der Waals surface area contributed by atoms with Crippen LogP contribution in [0.2, 0.25) is 5.02 Å². The minimum Gasteiger partial charge on any atom is -0.495 e. The largest absolute Gasteiger partial charge is 0.495 e. The molecule has 0 amide bonds. The lowest BCUT2D eigenvalue weighted by Gasteiger charge is -2.09. The summed E-state index contributed by atoms with van der Waals surface area (Å²) in [6.45, 7) is 5.30. The van der Waals surface area contributed by atoms with Crippen LogP contribution in [0.15, 0.2) is 23.6 Å². The summed E-state index contributed by atoms with van der Waals surface area (Å²) >= 11 is 7.79. The molecule has 1 aromatic heterocycles. The highest BCUT2D eigenvalue weighted by molar-refractivity contribution is 7.13. The monoisotopic (exact) mass is 310 g/mol. The zero-order valence-electron chi connectivity index (χ0n) is 11.9. The maximum absolute atomic E-state index is 6.16. The molecule has 1 N–H and O–H groups in total. The second-order valence-corrected chi connectivity index (χ2v) is 5.87. The van der Waals surface area contributed by atoms with Gasteiger partial charge in [0.2, 0.25) is 0 Å². The molecule has 1 atom stereocenters. The third kappa shape index (κ3) is 3.51. The third-order valence-electron chi connectivity index (χ3n) is 3.06. The van der Waals surface area contributed by atoms with Crippen LogP contribution in [-0.2, 0) is 0 Å². The van der Waals surface area contributed by atoms with Crippen LogP contribution in [0.25, 0.3) is 10.6 Å². The molecule has 0 bridgehead atoms. The van der Waals surface area contributed by atoms with Crippen molar-refractivity contribution in [2.24, 2.45) is 0 Å².